The molecule has 1 aliphatic rings. The summed E-state index contributed by atoms with van der Waals surface area (Å²) >= 11 is 12.1. The summed E-state index contributed by atoms with van der Waals surface area (Å²) in [6.07, 6.45) is 3.21. The summed E-state index contributed by atoms with van der Waals surface area (Å²) in [6.45, 7) is 2.63. The number of likely N-dealkylation sites (N-methyl/N-ethyl adjacent to an activating group) is 1. The van der Waals surface area contributed by atoms with Gasteiger partial charge in [0.2, 0.25) is 5.91 Å². The number of hydrogen-bond acceptors (Lipinski definition) is 6. The van der Waals surface area contributed by atoms with Crippen LogP contribution in [0.2, 0.25) is 10.0 Å². The molecule has 182 valence electrons. The van der Waals surface area contributed by atoms with Gasteiger partial charge in [-0.25, -0.2) is 0 Å². The number of nitrogens with zero attached hydrogens (tertiary/aromatic N) is 2. The summed E-state index contributed by atoms with van der Waals surface area (Å²) in [5.74, 6) is -0.344. The largest absolute Gasteiger partial charge is 0.424 e. The van der Waals surface area contributed by atoms with E-state index < -0.39 is 5.97 Å². The van der Waals surface area contributed by atoms with E-state index in [0.717, 1.165) is 37.1 Å². The van der Waals surface area contributed by atoms with Crippen LogP contribution in [0.15, 0.2) is 36.4 Å². The van der Waals surface area contributed by atoms with Crippen molar-refractivity contribution >= 4 is 47.1 Å². The Hall–Kier alpha value is -2.61. The molecule has 1 amide bonds. The summed E-state index contributed by atoms with van der Waals surface area (Å²) in [5.41, 5.74) is 8.11. The molecule has 1 unspecified atom stereocenters. The number of amides is 1. The van der Waals surface area contributed by atoms with Gasteiger partial charge < -0.3 is 25.1 Å². The van der Waals surface area contributed by atoms with E-state index in [2.05, 4.69) is 4.90 Å². The number of nitrogen functional groups attached to an aromatic ring is 1. The molecule has 0 saturated carbocycles. The second-order valence-electron chi connectivity index (χ2n) is 8.43. The fraction of sp³-hybridized carbons (Fsp3) is 0.400. The van der Waals surface area contributed by atoms with Gasteiger partial charge in [-0.1, -0.05) is 35.3 Å². The SMILES string of the molecule is CN(C(=O)Cc1ccc(Cl)c(Cl)c1)C(CN1CCCC1)c1ccc(OC(=O)CCC=O)c(N)c1. The minimum atomic E-state index is -0.519. The van der Waals surface area contributed by atoms with Gasteiger partial charge >= 0.3 is 5.97 Å². The first kappa shape index (κ1) is 26.0. The Balaban J connectivity index is 1.79. The summed E-state index contributed by atoms with van der Waals surface area (Å²) in [7, 11) is 1.78. The van der Waals surface area contributed by atoms with Crippen molar-refractivity contribution in [2.75, 3.05) is 32.4 Å². The van der Waals surface area contributed by atoms with Crippen molar-refractivity contribution in [2.45, 2.75) is 38.1 Å². The smallest absolute Gasteiger partial charge is 0.311 e. The molecule has 3 rings (SSSR count). The average molecular weight is 506 g/mol. The maximum absolute atomic E-state index is 13.2. The van der Waals surface area contributed by atoms with E-state index in [9.17, 15) is 14.4 Å². The average Bonchev–Trinajstić information content (AvgIpc) is 3.33. The van der Waals surface area contributed by atoms with E-state index in [-0.39, 0.29) is 37.0 Å². The molecular weight excluding hydrogens is 477 g/mol. The minimum Gasteiger partial charge on any atom is -0.424 e. The molecule has 1 saturated heterocycles. The normalized spacial score (nSPS) is 14.6. The Kier molecular flexibility index (Phi) is 9.33. The zero-order chi connectivity index (χ0) is 24.7. The molecule has 1 fully saturated rings. The molecule has 2 aromatic carbocycles. The summed E-state index contributed by atoms with van der Waals surface area (Å²) < 4.78 is 5.29. The first-order chi connectivity index (χ1) is 16.3. The highest BCUT2D eigenvalue weighted by atomic mass is 35.5. The molecule has 34 heavy (non-hydrogen) atoms. The van der Waals surface area contributed by atoms with Gasteiger partial charge in [0.05, 0.1) is 34.6 Å². The predicted octanol–water partition coefficient (Wildman–Crippen LogP) is 4.30. The number of hydrogen-bond donors (Lipinski definition) is 1. The number of anilines is 1. The quantitative estimate of drug-likeness (QED) is 0.224. The second-order valence-corrected chi connectivity index (χ2v) is 9.24. The number of halogens is 2. The first-order valence-electron chi connectivity index (χ1n) is 11.2. The van der Waals surface area contributed by atoms with Crippen molar-refractivity contribution in [3.8, 4) is 5.75 Å². The standard InChI is InChI=1S/C25H29Cl2N3O4/c1-29(24(32)14-17-6-8-19(26)20(27)13-17)22(16-30-10-2-3-11-30)18-7-9-23(21(28)15-18)34-25(33)5-4-12-31/h6-9,12-13,15,22H,2-5,10-11,14,16,28H2,1H3. The number of carbonyl (C=O) groups excluding carboxylic acids is 3. The topological polar surface area (TPSA) is 92.9 Å². The van der Waals surface area contributed by atoms with E-state index in [4.69, 9.17) is 33.7 Å². The summed E-state index contributed by atoms with van der Waals surface area (Å²) in [5, 5.41) is 0.856. The summed E-state index contributed by atoms with van der Waals surface area (Å²) in [6, 6.07) is 10.1. The van der Waals surface area contributed by atoms with Crippen molar-refractivity contribution in [1.29, 1.82) is 0 Å². The van der Waals surface area contributed by atoms with Gasteiger partial charge in [0.25, 0.3) is 0 Å². The van der Waals surface area contributed by atoms with Crippen molar-refractivity contribution in [1.82, 2.24) is 9.80 Å². The maximum atomic E-state index is 13.2. The lowest BCUT2D eigenvalue weighted by atomic mass is 10.0. The van der Waals surface area contributed by atoms with Gasteiger partial charge in [-0.2, -0.15) is 0 Å². The molecule has 1 heterocycles. The van der Waals surface area contributed by atoms with Gasteiger partial charge in [-0.05, 0) is 61.3 Å². The highest BCUT2D eigenvalue weighted by molar-refractivity contribution is 6.42. The predicted molar refractivity (Wildman–Crippen MR) is 133 cm³/mol. The van der Waals surface area contributed by atoms with E-state index in [1.807, 2.05) is 6.07 Å². The molecule has 9 heteroatoms. The number of ether oxygens (including phenoxy) is 1. The third-order valence-electron chi connectivity index (χ3n) is 5.94. The number of rotatable bonds is 10. The Morgan fingerprint density at radius 1 is 1.15 bits per heavy atom. The molecule has 7 nitrogen and oxygen atoms in total. The Bertz CT molecular complexity index is 1040. The number of benzene rings is 2. The molecule has 0 bridgehead atoms. The summed E-state index contributed by atoms with van der Waals surface area (Å²) in [4.78, 5) is 39.6. The Morgan fingerprint density at radius 3 is 2.53 bits per heavy atom. The molecule has 1 atom stereocenters. The fourth-order valence-electron chi connectivity index (χ4n) is 4.00. The van der Waals surface area contributed by atoms with Crippen molar-refractivity contribution in [3.05, 3.63) is 57.6 Å². The molecule has 0 radical (unpaired) electrons. The zero-order valence-electron chi connectivity index (χ0n) is 19.1. The van der Waals surface area contributed by atoms with Crippen molar-refractivity contribution in [2.24, 2.45) is 0 Å². The van der Waals surface area contributed by atoms with Gasteiger partial charge in [0.1, 0.15) is 6.29 Å². The second kappa shape index (κ2) is 12.2. The van der Waals surface area contributed by atoms with Crippen LogP contribution >= 0.6 is 23.2 Å². The molecule has 2 N–H and O–H groups in total. The van der Waals surface area contributed by atoms with E-state index >= 15 is 0 Å². The molecule has 0 aliphatic carbocycles. The fourth-order valence-corrected chi connectivity index (χ4v) is 4.32. The van der Waals surface area contributed by atoms with E-state index in [1.54, 1.807) is 42.3 Å². The van der Waals surface area contributed by atoms with Crippen LogP contribution in [0.4, 0.5) is 5.69 Å². The zero-order valence-corrected chi connectivity index (χ0v) is 20.6. The molecular formula is C25H29Cl2N3O4. The lowest BCUT2D eigenvalue weighted by molar-refractivity contribution is -0.135. The van der Waals surface area contributed by atoms with Crippen LogP contribution < -0.4 is 10.5 Å². The van der Waals surface area contributed by atoms with Gasteiger partial charge in [0, 0.05) is 20.0 Å². The number of esters is 1. The Labute approximate surface area is 209 Å². The lowest BCUT2D eigenvalue weighted by Crippen LogP contribution is -2.39. The van der Waals surface area contributed by atoms with Gasteiger partial charge in [-0.15, -0.1) is 0 Å². The van der Waals surface area contributed by atoms with Crippen LogP contribution in [0, 0.1) is 0 Å². The van der Waals surface area contributed by atoms with Crippen LogP contribution in [0.3, 0.4) is 0 Å². The Morgan fingerprint density at radius 2 is 1.88 bits per heavy atom. The van der Waals surface area contributed by atoms with Gasteiger partial charge in [0.15, 0.2) is 5.75 Å². The van der Waals surface area contributed by atoms with Crippen LogP contribution in [-0.2, 0) is 20.8 Å². The van der Waals surface area contributed by atoms with Crippen molar-refractivity contribution in [3.63, 3.8) is 0 Å². The third-order valence-corrected chi connectivity index (χ3v) is 6.68. The lowest BCUT2D eigenvalue weighted by Gasteiger charge is -2.32. The van der Waals surface area contributed by atoms with Crippen LogP contribution in [0.5, 0.6) is 5.75 Å². The number of carbonyl (C=O) groups is 3. The number of aldehydes is 1. The third kappa shape index (κ3) is 6.95. The number of nitrogens with two attached hydrogens (primary N) is 1. The molecule has 0 aromatic heterocycles. The van der Waals surface area contributed by atoms with Gasteiger partial charge in [-0.3, -0.25) is 9.59 Å². The minimum absolute atomic E-state index is 0.00572. The van der Waals surface area contributed by atoms with Crippen LogP contribution in [-0.4, -0.2) is 54.6 Å². The molecule has 0 spiro atoms. The number of likely N-dealkylation sites (tertiary alicyclic amines) is 1. The monoisotopic (exact) mass is 505 g/mol. The highest BCUT2D eigenvalue weighted by Crippen LogP contribution is 2.30. The first-order valence-corrected chi connectivity index (χ1v) is 12.0. The van der Waals surface area contributed by atoms with Crippen molar-refractivity contribution < 1.29 is 19.1 Å². The van der Waals surface area contributed by atoms with Crippen LogP contribution in [0.1, 0.15) is 42.9 Å². The van der Waals surface area contributed by atoms with E-state index in [1.165, 1.54) is 0 Å². The molecule has 2 aromatic rings. The van der Waals surface area contributed by atoms with Crippen LogP contribution in [0.25, 0.3) is 0 Å². The molecule has 1 aliphatic heterocycles. The van der Waals surface area contributed by atoms with E-state index in [0.29, 0.717) is 28.6 Å². The highest BCUT2D eigenvalue weighted by Gasteiger charge is 2.26. The maximum Gasteiger partial charge on any atom is 0.311 e.